The Morgan fingerprint density at radius 1 is 0.593 bits per heavy atom. The van der Waals surface area contributed by atoms with Crippen LogP contribution in [0.4, 0.5) is 17.3 Å². The van der Waals surface area contributed by atoms with Crippen molar-refractivity contribution < 1.29 is 17.3 Å². The second-order valence-corrected chi connectivity index (χ2v) is 12.6. The van der Waals surface area contributed by atoms with E-state index >= 15 is 0 Å². The van der Waals surface area contributed by atoms with Crippen molar-refractivity contribution in [2.45, 2.75) is 6.92 Å². The van der Waals surface area contributed by atoms with E-state index in [1.165, 1.54) is 13.1 Å². The van der Waals surface area contributed by atoms with Gasteiger partial charge in [0.05, 0.1) is 0 Å². The number of benzene rings is 3. The minimum atomic E-state index is -6.00. The Labute approximate surface area is 160 Å². The molecule has 0 saturated carbocycles. The van der Waals surface area contributed by atoms with Crippen LogP contribution in [0.15, 0.2) is 102 Å². The van der Waals surface area contributed by atoms with Crippen LogP contribution in [0.1, 0.15) is 6.92 Å². The van der Waals surface area contributed by atoms with Crippen LogP contribution in [0.3, 0.4) is 0 Å². The number of allylic oxidation sites excluding steroid dienone is 1. The molecule has 0 unspecified atom stereocenters. The molecule has 3 aromatic rings. The van der Waals surface area contributed by atoms with E-state index in [1.807, 2.05) is 0 Å². The SMILES string of the molecule is CC=C[As+](c1ccccc1)(c1ccccc1)c1ccccc1.F[B-](F)(F)F. The summed E-state index contributed by atoms with van der Waals surface area (Å²) in [5.41, 5.74) is 0. The molecular formula is C21H20AsBF4. The van der Waals surface area contributed by atoms with E-state index in [4.69, 9.17) is 0 Å². The fraction of sp³-hybridized carbons (Fsp3) is 0.0476. The largest absolute Gasteiger partial charge is 0.673 e. The molecule has 0 spiro atoms. The van der Waals surface area contributed by atoms with Crippen LogP contribution in [-0.2, 0) is 0 Å². The molecule has 140 valence electrons. The molecule has 0 fully saturated rings. The molecule has 0 aliphatic carbocycles. The van der Waals surface area contributed by atoms with Crippen LogP contribution < -0.4 is 13.1 Å². The van der Waals surface area contributed by atoms with E-state index in [0.717, 1.165) is 0 Å². The third-order valence-electron chi connectivity index (χ3n) is 3.86. The monoisotopic (exact) mass is 434 g/mol. The van der Waals surface area contributed by atoms with Gasteiger partial charge < -0.3 is 17.3 Å². The smallest absolute Gasteiger partial charge is 0.418 e. The van der Waals surface area contributed by atoms with Crippen molar-refractivity contribution in [1.82, 2.24) is 0 Å². The third-order valence-corrected chi connectivity index (χ3v) is 12.4. The van der Waals surface area contributed by atoms with Gasteiger partial charge in [0.1, 0.15) is 0 Å². The van der Waals surface area contributed by atoms with Gasteiger partial charge in [-0.05, 0) is 0 Å². The van der Waals surface area contributed by atoms with Crippen molar-refractivity contribution in [2.75, 3.05) is 0 Å². The van der Waals surface area contributed by atoms with Crippen LogP contribution in [0.2, 0.25) is 0 Å². The molecule has 0 amide bonds. The fourth-order valence-electron chi connectivity index (χ4n) is 2.92. The standard InChI is InChI=1S/C21H20As.BF4/c1-2-18-22(19-12-6-3-7-13-19,20-14-8-4-9-15-20)21-16-10-5-11-17-21;2-1(3,4)5/h2-18H,1H3;/q+1;-1. The summed E-state index contributed by atoms with van der Waals surface area (Å²) >= 11 is -2.54. The molecule has 0 atom stereocenters. The summed E-state index contributed by atoms with van der Waals surface area (Å²) in [6.45, 7) is 2.13. The molecule has 6 heteroatoms. The van der Waals surface area contributed by atoms with Gasteiger partial charge >= 0.3 is 143 Å². The number of hydrogen-bond donors (Lipinski definition) is 0. The molecule has 3 rings (SSSR count). The fourth-order valence-corrected chi connectivity index (χ4v) is 10.9. The molecule has 0 saturated heterocycles. The van der Waals surface area contributed by atoms with Gasteiger partial charge in [-0.25, -0.2) is 0 Å². The van der Waals surface area contributed by atoms with Gasteiger partial charge in [0.15, 0.2) is 0 Å². The van der Waals surface area contributed by atoms with Crippen LogP contribution >= 0.6 is 0 Å². The normalized spacial score (nSPS) is 11.7. The van der Waals surface area contributed by atoms with Gasteiger partial charge in [-0.1, -0.05) is 0 Å². The summed E-state index contributed by atoms with van der Waals surface area (Å²) in [6, 6.07) is 32.9. The zero-order valence-corrected chi connectivity index (χ0v) is 16.7. The predicted molar refractivity (Wildman–Crippen MR) is 109 cm³/mol. The van der Waals surface area contributed by atoms with Gasteiger partial charge in [0, 0.05) is 0 Å². The average molecular weight is 434 g/mol. The Morgan fingerprint density at radius 3 is 1.07 bits per heavy atom. The first-order valence-electron chi connectivity index (χ1n) is 8.44. The van der Waals surface area contributed by atoms with Gasteiger partial charge in [-0.2, -0.15) is 0 Å². The minimum absolute atomic E-state index is 1.45. The molecule has 0 N–H and O–H groups in total. The zero-order valence-electron chi connectivity index (χ0n) is 14.9. The van der Waals surface area contributed by atoms with Gasteiger partial charge in [0.25, 0.3) is 0 Å². The molecule has 0 heterocycles. The molecule has 0 radical (unpaired) electrons. The Kier molecular flexibility index (Phi) is 7.49. The molecular weight excluding hydrogens is 414 g/mol. The molecule has 0 bridgehead atoms. The van der Waals surface area contributed by atoms with Crippen molar-refractivity contribution in [3.8, 4) is 0 Å². The van der Waals surface area contributed by atoms with E-state index in [1.54, 1.807) is 0 Å². The summed E-state index contributed by atoms with van der Waals surface area (Å²) < 4.78 is 43.4. The molecule has 0 aromatic heterocycles. The number of rotatable bonds is 4. The first-order valence-corrected chi connectivity index (χ1v) is 12.3. The number of halogens is 4. The first-order chi connectivity index (χ1) is 12.9. The second-order valence-electron chi connectivity index (χ2n) is 5.71. The van der Waals surface area contributed by atoms with E-state index in [2.05, 4.69) is 109 Å². The topological polar surface area (TPSA) is 0 Å². The Morgan fingerprint density at radius 2 is 0.852 bits per heavy atom. The average Bonchev–Trinajstić information content (AvgIpc) is 2.67. The second kappa shape index (κ2) is 9.61. The Bertz CT molecular complexity index is 732. The van der Waals surface area contributed by atoms with Gasteiger partial charge in [-0.3, -0.25) is 0 Å². The molecule has 0 nitrogen and oxygen atoms in total. The van der Waals surface area contributed by atoms with Crippen molar-refractivity contribution in [2.24, 2.45) is 0 Å². The van der Waals surface area contributed by atoms with E-state index in [0.29, 0.717) is 0 Å². The molecule has 3 aromatic carbocycles. The maximum Gasteiger partial charge on any atom is 0.673 e. The van der Waals surface area contributed by atoms with Crippen LogP contribution in [0, 0.1) is 0 Å². The maximum absolute atomic E-state index is 9.75. The Hall–Kier alpha value is -2.26. The van der Waals surface area contributed by atoms with Crippen molar-refractivity contribution in [1.29, 1.82) is 0 Å². The van der Waals surface area contributed by atoms with Crippen LogP contribution in [0.5, 0.6) is 0 Å². The maximum atomic E-state index is 9.75. The zero-order chi connectivity index (χ0) is 19.8. The summed E-state index contributed by atoms with van der Waals surface area (Å²) in [5.74, 6) is 0. The van der Waals surface area contributed by atoms with E-state index < -0.39 is 20.8 Å². The summed E-state index contributed by atoms with van der Waals surface area (Å²) in [4.78, 5) is 2.47. The van der Waals surface area contributed by atoms with Crippen molar-refractivity contribution in [3.05, 3.63) is 102 Å². The van der Waals surface area contributed by atoms with Gasteiger partial charge in [0.2, 0.25) is 0 Å². The minimum Gasteiger partial charge on any atom is -0.418 e. The Balaban J connectivity index is 0.000000465. The van der Waals surface area contributed by atoms with E-state index in [9.17, 15) is 17.3 Å². The van der Waals surface area contributed by atoms with Gasteiger partial charge in [-0.15, -0.1) is 0 Å². The first kappa shape index (κ1) is 21.0. The molecule has 27 heavy (non-hydrogen) atoms. The van der Waals surface area contributed by atoms with Crippen molar-refractivity contribution in [3.63, 3.8) is 0 Å². The predicted octanol–water partition coefficient (Wildman–Crippen LogP) is 4.57. The molecule has 0 aliphatic heterocycles. The summed E-state index contributed by atoms with van der Waals surface area (Å²) in [5, 5.41) is 0. The van der Waals surface area contributed by atoms with Crippen molar-refractivity contribution >= 4 is 33.9 Å². The third kappa shape index (κ3) is 5.87. The summed E-state index contributed by atoms with van der Waals surface area (Å²) in [7, 11) is -6.00. The molecule has 0 aliphatic rings. The van der Waals surface area contributed by atoms with E-state index in [-0.39, 0.29) is 0 Å². The van der Waals surface area contributed by atoms with Crippen LogP contribution in [0.25, 0.3) is 0 Å². The summed E-state index contributed by atoms with van der Waals surface area (Å²) in [6.07, 6.45) is 2.22. The quantitative estimate of drug-likeness (QED) is 0.417. The number of hydrogen-bond acceptors (Lipinski definition) is 0. The van der Waals surface area contributed by atoms with Crippen LogP contribution in [-0.4, -0.2) is 20.8 Å².